The van der Waals surface area contributed by atoms with Crippen molar-refractivity contribution >= 4 is 7.37 Å². The Morgan fingerprint density at radius 2 is 2.00 bits per heavy atom. The van der Waals surface area contributed by atoms with Crippen LogP contribution in [0.25, 0.3) is 0 Å². The molecule has 0 bridgehead atoms. The Balaban J connectivity index is -0.000000320. The summed E-state index contributed by atoms with van der Waals surface area (Å²) in [5.74, 6) is 0. The van der Waals surface area contributed by atoms with Crippen LogP contribution in [0.1, 0.15) is 28.1 Å². The molecule has 0 aromatic rings. The summed E-state index contributed by atoms with van der Waals surface area (Å²) in [6.45, 7) is 3.78. The molecule has 4 heteroatoms. The van der Waals surface area contributed by atoms with Crippen LogP contribution in [0, 0.1) is 0 Å². The summed E-state index contributed by atoms with van der Waals surface area (Å²) in [4.78, 5) is 9.01. The van der Waals surface area contributed by atoms with Crippen molar-refractivity contribution < 1.29 is 40.4 Å². The summed E-state index contributed by atoms with van der Waals surface area (Å²) in [7, 11) is -2.69. The Hall–Kier alpha value is 1.19. The Labute approximate surface area is 86.6 Å². The first kappa shape index (κ1) is 13.8. The third-order valence-electron chi connectivity index (χ3n) is 1.36. The standard InChI is InChI=1S/C6H15O2P.Na.H/c1-3-5-6-9(7,8)4-2;;/h3-6H2,1-2H3,(H,7,8);;/q;+1;-1. The number of hydrogen-bond donors (Lipinski definition) is 1. The second-order valence-corrected chi connectivity index (χ2v) is 5.01. The van der Waals surface area contributed by atoms with Gasteiger partial charge in [0, 0.05) is 12.3 Å². The fourth-order valence-corrected chi connectivity index (χ4v) is 1.69. The summed E-state index contributed by atoms with van der Waals surface area (Å²) in [6.07, 6.45) is 2.80. The fraction of sp³-hybridized carbons (Fsp3) is 1.00. The smallest absolute Gasteiger partial charge is 1.00 e. The van der Waals surface area contributed by atoms with Crippen LogP contribution in [0.15, 0.2) is 0 Å². The Kier molecular flexibility index (Phi) is 9.46. The van der Waals surface area contributed by atoms with Gasteiger partial charge in [0.1, 0.15) is 0 Å². The van der Waals surface area contributed by atoms with Crippen molar-refractivity contribution in [2.24, 2.45) is 0 Å². The molecular formula is C6H16NaO2P. The van der Waals surface area contributed by atoms with Gasteiger partial charge in [-0.05, 0) is 6.42 Å². The van der Waals surface area contributed by atoms with Crippen LogP contribution in [-0.2, 0) is 4.57 Å². The third kappa shape index (κ3) is 7.30. The zero-order valence-electron chi connectivity index (χ0n) is 8.13. The van der Waals surface area contributed by atoms with Gasteiger partial charge in [0.15, 0.2) is 7.37 Å². The monoisotopic (exact) mass is 174 g/mol. The summed E-state index contributed by atoms with van der Waals surface area (Å²) in [5.41, 5.74) is 0. The minimum atomic E-state index is -2.69. The van der Waals surface area contributed by atoms with E-state index in [4.69, 9.17) is 4.89 Å². The SMILES string of the molecule is CCCCP(=O)(O)CC.[H-].[Na+]. The summed E-state index contributed by atoms with van der Waals surface area (Å²) >= 11 is 0. The van der Waals surface area contributed by atoms with Gasteiger partial charge in [-0.3, -0.25) is 4.57 Å². The molecule has 0 aliphatic rings. The van der Waals surface area contributed by atoms with Crippen molar-refractivity contribution in [3.63, 3.8) is 0 Å². The van der Waals surface area contributed by atoms with Gasteiger partial charge >= 0.3 is 29.6 Å². The molecule has 1 unspecified atom stereocenters. The average molecular weight is 174 g/mol. The number of hydrogen-bond acceptors (Lipinski definition) is 1. The van der Waals surface area contributed by atoms with E-state index in [1.807, 2.05) is 6.92 Å². The molecule has 58 valence electrons. The summed E-state index contributed by atoms with van der Waals surface area (Å²) in [5, 5.41) is 0. The van der Waals surface area contributed by atoms with Gasteiger partial charge < -0.3 is 6.32 Å². The number of unbranched alkanes of at least 4 members (excludes halogenated alkanes) is 1. The van der Waals surface area contributed by atoms with Gasteiger partial charge in [0.05, 0.1) is 0 Å². The molecule has 2 nitrogen and oxygen atoms in total. The van der Waals surface area contributed by atoms with Crippen molar-refractivity contribution in [2.75, 3.05) is 12.3 Å². The average Bonchev–Trinajstić information content (AvgIpc) is 1.84. The fourth-order valence-electron chi connectivity index (χ4n) is 0.563. The molecule has 0 saturated carbocycles. The van der Waals surface area contributed by atoms with E-state index >= 15 is 0 Å². The first-order valence-electron chi connectivity index (χ1n) is 3.43. The molecule has 0 aromatic carbocycles. The Bertz CT molecular complexity index is 121. The van der Waals surface area contributed by atoms with Gasteiger partial charge in [-0.25, -0.2) is 0 Å². The molecule has 0 aliphatic heterocycles. The Morgan fingerprint density at radius 1 is 1.50 bits per heavy atom. The molecule has 0 saturated heterocycles. The van der Waals surface area contributed by atoms with Crippen molar-refractivity contribution in [1.82, 2.24) is 0 Å². The molecule has 0 aromatic heterocycles. The van der Waals surface area contributed by atoms with E-state index in [2.05, 4.69) is 0 Å². The first-order valence-corrected chi connectivity index (χ1v) is 5.46. The minimum absolute atomic E-state index is 0. The molecular weight excluding hydrogens is 158 g/mol. The van der Waals surface area contributed by atoms with Crippen molar-refractivity contribution in [2.45, 2.75) is 26.7 Å². The van der Waals surface area contributed by atoms with Gasteiger partial charge in [0.2, 0.25) is 0 Å². The van der Waals surface area contributed by atoms with Crippen LogP contribution >= 0.6 is 7.37 Å². The van der Waals surface area contributed by atoms with Crippen LogP contribution < -0.4 is 29.6 Å². The number of rotatable bonds is 4. The van der Waals surface area contributed by atoms with Crippen LogP contribution in [0.3, 0.4) is 0 Å². The third-order valence-corrected chi connectivity index (χ3v) is 3.36. The van der Waals surface area contributed by atoms with E-state index in [1.54, 1.807) is 6.92 Å². The van der Waals surface area contributed by atoms with Crippen LogP contribution in [0.2, 0.25) is 0 Å². The largest absolute Gasteiger partial charge is 1.00 e. The topological polar surface area (TPSA) is 37.3 Å². The summed E-state index contributed by atoms with van der Waals surface area (Å²) < 4.78 is 10.9. The summed E-state index contributed by atoms with van der Waals surface area (Å²) in [6, 6.07) is 0. The van der Waals surface area contributed by atoms with E-state index in [0.717, 1.165) is 12.8 Å². The predicted octanol–water partition coefficient (Wildman–Crippen LogP) is -0.807. The molecule has 0 fully saturated rings. The van der Waals surface area contributed by atoms with Gasteiger partial charge in [-0.1, -0.05) is 20.3 Å². The molecule has 0 aliphatic carbocycles. The van der Waals surface area contributed by atoms with Crippen LogP contribution in [0.4, 0.5) is 0 Å². The van der Waals surface area contributed by atoms with E-state index in [0.29, 0.717) is 12.3 Å². The Morgan fingerprint density at radius 3 is 2.30 bits per heavy atom. The zero-order valence-corrected chi connectivity index (χ0v) is 10.0. The van der Waals surface area contributed by atoms with E-state index in [-0.39, 0.29) is 31.0 Å². The van der Waals surface area contributed by atoms with Crippen molar-refractivity contribution in [3.05, 3.63) is 0 Å². The molecule has 1 N–H and O–H groups in total. The van der Waals surface area contributed by atoms with E-state index in [9.17, 15) is 4.57 Å². The molecule has 0 radical (unpaired) electrons. The molecule has 10 heavy (non-hydrogen) atoms. The molecule has 0 heterocycles. The van der Waals surface area contributed by atoms with Gasteiger partial charge in [-0.2, -0.15) is 0 Å². The quantitative estimate of drug-likeness (QED) is 0.447. The molecule has 0 rings (SSSR count). The van der Waals surface area contributed by atoms with Gasteiger partial charge in [-0.15, -0.1) is 0 Å². The molecule has 0 spiro atoms. The van der Waals surface area contributed by atoms with E-state index < -0.39 is 7.37 Å². The molecule has 1 atom stereocenters. The molecule has 0 amide bonds. The maximum absolute atomic E-state index is 10.9. The van der Waals surface area contributed by atoms with Crippen molar-refractivity contribution in [1.29, 1.82) is 0 Å². The second-order valence-electron chi connectivity index (χ2n) is 2.24. The second kappa shape index (κ2) is 6.87. The maximum atomic E-state index is 10.9. The maximum Gasteiger partial charge on any atom is 1.00 e. The van der Waals surface area contributed by atoms with Gasteiger partial charge in [0.25, 0.3) is 0 Å². The minimum Gasteiger partial charge on any atom is -1.00 e. The first-order chi connectivity index (χ1) is 4.12. The predicted molar refractivity (Wildman–Crippen MR) is 41.3 cm³/mol. The van der Waals surface area contributed by atoms with Crippen LogP contribution in [0.5, 0.6) is 0 Å². The van der Waals surface area contributed by atoms with E-state index in [1.165, 1.54) is 0 Å². The zero-order chi connectivity index (χ0) is 7.33. The van der Waals surface area contributed by atoms with Crippen molar-refractivity contribution in [3.8, 4) is 0 Å². The van der Waals surface area contributed by atoms with Crippen LogP contribution in [-0.4, -0.2) is 17.2 Å². The normalized spacial score (nSPS) is 15.5.